The van der Waals surface area contributed by atoms with Crippen LogP contribution < -0.4 is 5.73 Å². The third-order valence-corrected chi connectivity index (χ3v) is 3.39. The molecule has 0 bridgehead atoms. The highest BCUT2D eigenvalue weighted by molar-refractivity contribution is 4.39. The molecule has 0 aliphatic carbocycles. The molecule has 0 rings (SSSR count). The van der Waals surface area contributed by atoms with Crippen molar-refractivity contribution in [2.24, 2.45) is 5.73 Å². The molecule has 0 aromatic heterocycles. The first-order valence-electron chi connectivity index (χ1n) is 10.2. The summed E-state index contributed by atoms with van der Waals surface area (Å²) < 4.78 is 37.6. The molecule has 8 nitrogen and oxygen atoms in total. The van der Waals surface area contributed by atoms with Crippen LogP contribution in [0.15, 0.2) is 0 Å². The van der Waals surface area contributed by atoms with Gasteiger partial charge >= 0.3 is 0 Å². The van der Waals surface area contributed by atoms with Crippen LogP contribution in [0.3, 0.4) is 0 Å². The van der Waals surface area contributed by atoms with Gasteiger partial charge < -0.3 is 38.9 Å². The van der Waals surface area contributed by atoms with Gasteiger partial charge in [-0.05, 0) is 6.42 Å². The Morgan fingerprint density at radius 1 is 0.407 bits per heavy atom. The highest BCUT2D eigenvalue weighted by atomic mass is 16.6. The number of rotatable bonds is 24. The normalized spacial score (nSPS) is 11.3. The van der Waals surface area contributed by atoms with Crippen molar-refractivity contribution in [3.63, 3.8) is 0 Å². The molecule has 0 radical (unpaired) electrons. The Bertz CT molecular complexity index is 236. The van der Waals surface area contributed by atoms with E-state index >= 15 is 0 Å². The molecule has 0 aromatic rings. The second-order valence-corrected chi connectivity index (χ2v) is 5.78. The minimum Gasteiger partial charge on any atom is -0.379 e. The van der Waals surface area contributed by atoms with Crippen LogP contribution in [0.25, 0.3) is 0 Å². The first-order valence-corrected chi connectivity index (χ1v) is 10.2. The Hall–Kier alpha value is -0.320. The van der Waals surface area contributed by atoms with Crippen molar-refractivity contribution in [1.29, 1.82) is 0 Å². The topological polar surface area (TPSA) is 90.6 Å². The Morgan fingerprint density at radius 2 is 0.704 bits per heavy atom. The van der Waals surface area contributed by atoms with Crippen molar-refractivity contribution < 1.29 is 33.2 Å². The van der Waals surface area contributed by atoms with Crippen LogP contribution in [0, 0.1) is 0 Å². The van der Waals surface area contributed by atoms with Crippen molar-refractivity contribution in [3.8, 4) is 0 Å². The molecule has 0 unspecified atom stereocenters. The molecule has 0 saturated carbocycles. The van der Waals surface area contributed by atoms with Gasteiger partial charge in [0, 0.05) is 13.2 Å². The maximum absolute atomic E-state index is 5.45. The summed E-state index contributed by atoms with van der Waals surface area (Å²) in [5, 5.41) is 0. The number of hydrogen-bond acceptors (Lipinski definition) is 8. The summed E-state index contributed by atoms with van der Waals surface area (Å²) in [5.74, 6) is 0. The summed E-state index contributed by atoms with van der Waals surface area (Å²) >= 11 is 0. The number of unbranched alkanes of at least 4 members (excludes halogenated alkanes) is 2. The van der Waals surface area contributed by atoms with Crippen molar-refractivity contribution in [2.45, 2.75) is 26.2 Å². The summed E-state index contributed by atoms with van der Waals surface area (Å²) in [4.78, 5) is 0. The molecule has 0 aliphatic heterocycles. The molecular weight excluding hydrogens is 354 g/mol. The summed E-state index contributed by atoms with van der Waals surface area (Å²) in [6.07, 6.45) is 3.57. The number of hydrogen-bond donors (Lipinski definition) is 1. The van der Waals surface area contributed by atoms with Crippen LogP contribution in [0.1, 0.15) is 26.2 Å². The fourth-order valence-corrected chi connectivity index (χ4v) is 1.96. The molecule has 27 heavy (non-hydrogen) atoms. The van der Waals surface area contributed by atoms with Gasteiger partial charge in [0.1, 0.15) is 0 Å². The second-order valence-electron chi connectivity index (χ2n) is 5.78. The summed E-state index contributed by atoms with van der Waals surface area (Å²) in [6, 6.07) is 0. The highest BCUT2D eigenvalue weighted by Crippen LogP contribution is 1.93. The summed E-state index contributed by atoms with van der Waals surface area (Å²) in [7, 11) is 0. The molecule has 0 saturated heterocycles. The fourth-order valence-electron chi connectivity index (χ4n) is 1.96. The van der Waals surface area contributed by atoms with Gasteiger partial charge in [-0.1, -0.05) is 19.8 Å². The quantitative estimate of drug-likeness (QED) is 0.244. The molecule has 164 valence electrons. The zero-order valence-electron chi connectivity index (χ0n) is 17.2. The average molecular weight is 396 g/mol. The Morgan fingerprint density at radius 3 is 1.00 bits per heavy atom. The van der Waals surface area contributed by atoms with Gasteiger partial charge in [-0.2, -0.15) is 0 Å². The van der Waals surface area contributed by atoms with E-state index in [4.69, 9.17) is 38.9 Å². The average Bonchev–Trinajstić information content (AvgIpc) is 2.68. The van der Waals surface area contributed by atoms with Crippen LogP contribution in [0.2, 0.25) is 0 Å². The first kappa shape index (κ1) is 26.7. The standard InChI is InChI=1S/C19H41NO7/c1-2-3-4-6-21-8-10-23-12-14-25-16-18-27-19-17-26-15-13-24-11-9-22-7-5-20/h2-20H2,1H3. The maximum Gasteiger partial charge on any atom is 0.0701 e. The van der Waals surface area contributed by atoms with Crippen molar-refractivity contribution >= 4 is 0 Å². The fraction of sp³-hybridized carbons (Fsp3) is 1.00. The van der Waals surface area contributed by atoms with Gasteiger partial charge in [-0.15, -0.1) is 0 Å². The Labute approximate surface area is 164 Å². The van der Waals surface area contributed by atoms with Gasteiger partial charge in [0.2, 0.25) is 0 Å². The van der Waals surface area contributed by atoms with Gasteiger partial charge in [0.15, 0.2) is 0 Å². The van der Waals surface area contributed by atoms with Crippen molar-refractivity contribution in [2.75, 3.05) is 99.0 Å². The van der Waals surface area contributed by atoms with Gasteiger partial charge in [-0.3, -0.25) is 0 Å². The number of ether oxygens (including phenoxy) is 7. The molecule has 8 heteroatoms. The lowest BCUT2D eigenvalue weighted by Crippen LogP contribution is -2.15. The minimum atomic E-state index is 0.538. The first-order chi connectivity index (χ1) is 13.4. The second kappa shape index (κ2) is 25.7. The third kappa shape index (κ3) is 25.7. The predicted molar refractivity (Wildman–Crippen MR) is 104 cm³/mol. The molecule has 0 amide bonds. The lowest BCUT2D eigenvalue weighted by Gasteiger charge is -2.08. The van der Waals surface area contributed by atoms with Crippen LogP contribution in [-0.4, -0.2) is 99.0 Å². The van der Waals surface area contributed by atoms with E-state index in [0.29, 0.717) is 92.4 Å². The van der Waals surface area contributed by atoms with Crippen molar-refractivity contribution in [1.82, 2.24) is 0 Å². The third-order valence-electron chi connectivity index (χ3n) is 3.39. The molecule has 0 aromatic carbocycles. The van der Waals surface area contributed by atoms with E-state index in [1.165, 1.54) is 12.8 Å². The molecule has 0 heterocycles. The van der Waals surface area contributed by atoms with E-state index in [-0.39, 0.29) is 0 Å². The zero-order valence-corrected chi connectivity index (χ0v) is 17.2. The summed E-state index contributed by atoms with van der Waals surface area (Å²) in [6.45, 7) is 11.0. The van der Waals surface area contributed by atoms with E-state index in [1.807, 2.05) is 0 Å². The molecule has 0 aliphatic rings. The van der Waals surface area contributed by atoms with E-state index < -0.39 is 0 Å². The Balaban J connectivity index is 2.95. The van der Waals surface area contributed by atoms with Gasteiger partial charge in [0.05, 0.1) is 85.9 Å². The Kier molecular flexibility index (Phi) is 25.4. The smallest absolute Gasteiger partial charge is 0.0701 e. The van der Waals surface area contributed by atoms with Crippen LogP contribution >= 0.6 is 0 Å². The predicted octanol–water partition coefficient (Wildman–Crippen LogP) is 1.25. The maximum atomic E-state index is 5.45. The molecule has 0 fully saturated rings. The van der Waals surface area contributed by atoms with Gasteiger partial charge in [-0.25, -0.2) is 0 Å². The number of nitrogens with two attached hydrogens (primary N) is 1. The van der Waals surface area contributed by atoms with Crippen LogP contribution in [0.5, 0.6) is 0 Å². The molecule has 0 spiro atoms. The molecule has 2 N–H and O–H groups in total. The van der Waals surface area contributed by atoms with E-state index in [1.54, 1.807) is 0 Å². The SMILES string of the molecule is CCCCCOCCOCCOCCOCCOCCOCCOCCN. The highest BCUT2D eigenvalue weighted by Gasteiger charge is 1.94. The van der Waals surface area contributed by atoms with Gasteiger partial charge in [0.25, 0.3) is 0 Å². The van der Waals surface area contributed by atoms with Crippen LogP contribution in [-0.2, 0) is 33.2 Å². The van der Waals surface area contributed by atoms with E-state index in [2.05, 4.69) is 6.92 Å². The molecule has 0 atom stereocenters. The van der Waals surface area contributed by atoms with E-state index in [9.17, 15) is 0 Å². The lowest BCUT2D eigenvalue weighted by molar-refractivity contribution is -0.0203. The lowest BCUT2D eigenvalue weighted by atomic mass is 10.3. The minimum absolute atomic E-state index is 0.538. The monoisotopic (exact) mass is 395 g/mol. The van der Waals surface area contributed by atoms with E-state index in [0.717, 1.165) is 13.0 Å². The van der Waals surface area contributed by atoms with Crippen molar-refractivity contribution in [3.05, 3.63) is 0 Å². The largest absolute Gasteiger partial charge is 0.379 e. The van der Waals surface area contributed by atoms with Crippen LogP contribution in [0.4, 0.5) is 0 Å². The zero-order chi connectivity index (χ0) is 19.7. The molecular formula is C19H41NO7. The summed E-state index contributed by atoms with van der Waals surface area (Å²) in [5.41, 5.74) is 5.31.